The largest absolute Gasteiger partial charge is 0.440 e. The Bertz CT molecular complexity index is 1040. The van der Waals surface area contributed by atoms with Crippen LogP contribution < -0.4 is 0 Å². The van der Waals surface area contributed by atoms with Crippen LogP contribution in [0.5, 0.6) is 0 Å². The minimum Gasteiger partial charge on any atom is -0.440 e. The van der Waals surface area contributed by atoms with Crippen molar-refractivity contribution in [1.82, 2.24) is 19.1 Å². The van der Waals surface area contributed by atoms with Crippen LogP contribution in [0.4, 0.5) is 0 Å². The molecule has 0 N–H and O–H groups in total. The van der Waals surface area contributed by atoms with E-state index in [1.165, 1.54) is 4.31 Å². The molecule has 0 unspecified atom stereocenters. The summed E-state index contributed by atoms with van der Waals surface area (Å²) in [7, 11) is -3.55. The summed E-state index contributed by atoms with van der Waals surface area (Å²) in [5.74, 6) is 1.13. The van der Waals surface area contributed by atoms with Crippen LogP contribution in [0.1, 0.15) is 23.9 Å². The summed E-state index contributed by atoms with van der Waals surface area (Å²) < 4.78 is 35.0. The van der Waals surface area contributed by atoms with Crippen molar-refractivity contribution in [3.8, 4) is 11.6 Å². The molecule has 0 bridgehead atoms. The maximum atomic E-state index is 13.0. The molecule has 8 heteroatoms. The third-order valence-corrected chi connectivity index (χ3v) is 6.46. The minimum atomic E-state index is -3.55. The van der Waals surface area contributed by atoms with Gasteiger partial charge in [-0.25, -0.2) is 13.4 Å². The maximum Gasteiger partial charge on any atom is 0.247 e. The summed E-state index contributed by atoms with van der Waals surface area (Å²) >= 11 is 0. The number of oxazole rings is 1. The smallest absolute Gasteiger partial charge is 0.247 e. The molecule has 0 atom stereocenters. The zero-order valence-corrected chi connectivity index (χ0v) is 15.5. The molecule has 0 fully saturated rings. The van der Waals surface area contributed by atoms with Gasteiger partial charge in [0.2, 0.25) is 15.9 Å². The third-order valence-electron chi connectivity index (χ3n) is 4.60. The topological polar surface area (TPSA) is 81.2 Å². The second kappa shape index (κ2) is 6.37. The molecule has 7 nitrogen and oxygen atoms in total. The van der Waals surface area contributed by atoms with Crippen molar-refractivity contribution in [2.24, 2.45) is 0 Å². The Kier molecular flexibility index (Phi) is 4.16. The Morgan fingerprint density at radius 3 is 2.65 bits per heavy atom. The van der Waals surface area contributed by atoms with E-state index in [4.69, 9.17) is 4.42 Å². The molecular formula is C18H20N4O3S. The predicted octanol–water partition coefficient (Wildman–Crippen LogP) is 2.61. The van der Waals surface area contributed by atoms with Crippen molar-refractivity contribution < 1.29 is 12.8 Å². The van der Waals surface area contributed by atoms with E-state index < -0.39 is 10.0 Å². The Morgan fingerprint density at radius 1 is 1.23 bits per heavy atom. The summed E-state index contributed by atoms with van der Waals surface area (Å²) in [6.45, 7) is 5.26. The second-order valence-corrected chi connectivity index (χ2v) is 8.21. The molecule has 136 valence electrons. The lowest BCUT2D eigenvalue weighted by Gasteiger charge is -2.27. The molecule has 0 amide bonds. The number of rotatable bonds is 4. The van der Waals surface area contributed by atoms with E-state index in [-0.39, 0.29) is 6.54 Å². The summed E-state index contributed by atoms with van der Waals surface area (Å²) in [4.78, 5) is 4.58. The van der Waals surface area contributed by atoms with Gasteiger partial charge in [0.15, 0.2) is 5.69 Å². The number of nitrogens with zero attached hydrogens (tertiary/aromatic N) is 4. The standard InChI is InChI=1S/C18H20N4O3S/c1-3-22-16-9-10-21(26(23,24)14-7-5-4-6-8-14)12-15(16)17(20-22)18-19-11-13(2)25-18/h4-8,11H,3,9-10,12H2,1-2H3. The number of hydrogen-bond acceptors (Lipinski definition) is 5. The Labute approximate surface area is 152 Å². The first-order valence-electron chi connectivity index (χ1n) is 8.57. The first-order chi connectivity index (χ1) is 12.5. The highest BCUT2D eigenvalue weighted by Gasteiger charge is 2.33. The lowest BCUT2D eigenvalue weighted by Crippen LogP contribution is -2.36. The molecule has 0 spiro atoms. The van der Waals surface area contributed by atoms with E-state index in [0.29, 0.717) is 41.8 Å². The van der Waals surface area contributed by atoms with Gasteiger partial charge in [-0.15, -0.1) is 0 Å². The molecule has 1 aliphatic heterocycles. The third kappa shape index (κ3) is 2.75. The van der Waals surface area contributed by atoms with Crippen molar-refractivity contribution in [2.75, 3.05) is 6.54 Å². The molecule has 1 aromatic carbocycles. The molecule has 3 heterocycles. The molecular weight excluding hydrogens is 352 g/mol. The van der Waals surface area contributed by atoms with Gasteiger partial charge < -0.3 is 4.42 Å². The van der Waals surface area contributed by atoms with Crippen LogP contribution in [-0.2, 0) is 29.5 Å². The monoisotopic (exact) mass is 372 g/mol. The van der Waals surface area contributed by atoms with E-state index in [0.717, 1.165) is 11.3 Å². The first kappa shape index (κ1) is 17.0. The predicted molar refractivity (Wildman–Crippen MR) is 95.9 cm³/mol. The Hall–Kier alpha value is -2.45. The van der Waals surface area contributed by atoms with E-state index >= 15 is 0 Å². The van der Waals surface area contributed by atoms with Gasteiger partial charge in [-0.2, -0.15) is 9.40 Å². The van der Waals surface area contributed by atoms with E-state index in [9.17, 15) is 8.42 Å². The van der Waals surface area contributed by atoms with Crippen molar-refractivity contribution in [2.45, 2.75) is 38.3 Å². The Morgan fingerprint density at radius 2 is 2.00 bits per heavy atom. The van der Waals surface area contributed by atoms with Gasteiger partial charge in [0, 0.05) is 37.3 Å². The van der Waals surface area contributed by atoms with Crippen LogP contribution in [0, 0.1) is 6.92 Å². The van der Waals surface area contributed by atoms with Gasteiger partial charge in [-0.3, -0.25) is 4.68 Å². The quantitative estimate of drug-likeness (QED) is 0.703. The van der Waals surface area contributed by atoms with Gasteiger partial charge in [0.05, 0.1) is 11.1 Å². The summed E-state index contributed by atoms with van der Waals surface area (Å²) in [5, 5.41) is 4.62. The van der Waals surface area contributed by atoms with Gasteiger partial charge in [0.25, 0.3) is 0 Å². The molecule has 0 saturated heterocycles. The molecule has 0 aliphatic carbocycles. The van der Waals surface area contributed by atoms with Gasteiger partial charge in [-0.1, -0.05) is 18.2 Å². The highest BCUT2D eigenvalue weighted by Crippen LogP contribution is 2.32. The molecule has 3 aromatic rings. The Balaban J connectivity index is 1.75. The fourth-order valence-electron chi connectivity index (χ4n) is 3.31. The van der Waals surface area contributed by atoms with Gasteiger partial charge in [0.1, 0.15) is 5.76 Å². The summed E-state index contributed by atoms with van der Waals surface area (Å²) in [6.07, 6.45) is 2.26. The summed E-state index contributed by atoms with van der Waals surface area (Å²) in [5.41, 5.74) is 2.56. The molecule has 1 aliphatic rings. The van der Waals surface area contributed by atoms with Crippen LogP contribution in [0.2, 0.25) is 0 Å². The van der Waals surface area contributed by atoms with E-state index in [1.54, 1.807) is 30.5 Å². The van der Waals surface area contributed by atoms with Crippen LogP contribution in [0.3, 0.4) is 0 Å². The average Bonchev–Trinajstić information content (AvgIpc) is 3.25. The van der Waals surface area contributed by atoms with Crippen LogP contribution in [-0.4, -0.2) is 34.0 Å². The van der Waals surface area contributed by atoms with E-state index in [1.807, 2.05) is 24.6 Å². The normalized spacial score (nSPS) is 15.2. The lowest BCUT2D eigenvalue weighted by atomic mass is 10.1. The number of fused-ring (bicyclic) bond motifs is 1. The highest BCUT2D eigenvalue weighted by molar-refractivity contribution is 7.89. The van der Waals surface area contributed by atoms with Crippen LogP contribution in [0.25, 0.3) is 11.6 Å². The summed E-state index contributed by atoms with van der Waals surface area (Å²) in [6, 6.07) is 8.52. The molecule has 2 aromatic heterocycles. The molecule has 4 rings (SSSR count). The first-order valence-corrected chi connectivity index (χ1v) is 10.0. The highest BCUT2D eigenvalue weighted by atomic mass is 32.2. The van der Waals surface area contributed by atoms with Crippen molar-refractivity contribution in [1.29, 1.82) is 0 Å². The molecule has 0 radical (unpaired) electrons. The van der Waals surface area contributed by atoms with E-state index in [2.05, 4.69) is 10.1 Å². The van der Waals surface area contributed by atoms with Crippen molar-refractivity contribution in [3.63, 3.8) is 0 Å². The second-order valence-electron chi connectivity index (χ2n) is 6.27. The van der Waals surface area contributed by atoms with Gasteiger partial charge in [-0.05, 0) is 26.0 Å². The van der Waals surface area contributed by atoms with Crippen LogP contribution in [0.15, 0.2) is 45.8 Å². The number of aromatic nitrogens is 3. The maximum absolute atomic E-state index is 13.0. The number of benzene rings is 1. The minimum absolute atomic E-state index is 0.267. The zero-order chi connectivity index (χ0) is 18.3. The van der Waals surface area contributed by atoms with Crippen LogP contribution >= 0.6 is 0 Å². The SMILES string of the molecule is CCn1nc(-c2ncc(C)o2)c2c1CCN(S(=O)(=O)c1ccccc1)C2. The lowest BCUT2D eigenvalue weighted by molar-refractivity contribution is 0.384. The average molecular weight is 372 g/mol. The number of hydrogen-bond donors (Lipinski definition) is 0. The number of sulfonamides is 1. The van der Waals surface area contributed by atoms with Crippen molar-refractivity contribution >= 4 is 10.0 Å². The van der Waals surface area contributed by atoms with Crippen molar-refractivity contribution in [3.05, 3.63) is 53.5 Å². The fourth-order valence-corrected chi connectivity index (χ4v) is 4.74. The number of aryl methyl sites for hydroxylation is 2. The fraction of sp³-hybridized carbons (Fsp3) is 0.333. The zero-order valence-electron chi connectivity index (χ0n) is 14.7. The molecule has 26 heavy (non-hydrogen) atoms. The molecule has 0 saturated carbocycles. The van der Waals surface area contributed by atoms with Gasteiger partial charge >= 0.3 is 0 Å².